The zero-order valence-electron chi connectivity index (χ0n) is 11.6. The first-order chi connectivity index (χ1) is 9.31. The first-order valence-electron chi connectivity index (χ1n) is 7.12. The van der Waals surface area contributed by atoms with Crippen molar-refractivity contribution in [2.75, 3.05) is 32.6 Å². The van der Waals surface area contributed by atoms with Gasteiger partial charge in [-0.25, -0.2) is 0 Å². The van der Waals surface area contributed by atoms with Gasteiger partial charge in [0.05, 0.1) is 5.88 Å². The molecule has 2 aliphatic rings. The van der Waals surface area contributed by atoms with Crippen LogP contribution < -0.4 is 0 Å². The number of hydrogen-bond acceptors (Lipinski definition) is 3. The average Bonchev–Trinajstić information content (AvgIpc) is 2.86. The number of nitrogens with zero attached hydrogens (tertiary/aromatic N) is 2. The van der Waals surface area contributed by atoms with E-state index >= 15 is 0 Å². The third kappa shape index (κ3) is 3.34. The Morgan fingerprint density at radius 3 is 2.53 bits per heavy atom. The van der Waals surface area contributed by atoms with Gasteiger partial charge in [-0.15, -0.1) is 11.8 Å². The van der Waals surface area contributed by atoms with Gasteiger partial charge in [0.15, 0.2) is 0 Å². The number of hydrogen-bond donors (Lipinski definition) is 0. The predicted octanol–water partition coefficient (Wildman–Crippen LogP) is 3.34. The van der Waals surface area contributed by atoms with Crippen molar-refractivity contribution in [2.24, 2.45) is 0 Å². The van der Waals surface area contributed by atoms with Crippen molar-refractivity contribution in [3.63, 3.8) is 0 Å². The first-order valence-corrected chi connectivity index (χ1v) is 8.11. The molecule has 2 aliphatic heterocycles. The van der Waals surface area contributed by atoms with E-state index in [0.29, 0.717) is 0 Å². The molecular formula is C16H22N2S. The summed E-state index contributed by atoms with van der Waals surface area (Å²) in [6.07, 6.45) is 4.91. The maximum atomic E-state index is 2.61. The average molecular weight is 274 g/mol. The summed E-state index contributed by atoms with van der Waals surface area (Å²) in [6, 6.07) is 11.0. The highest BCUT2D eigenvalue weighted by Gasteiger charge is 2.22. The number of thioether (sulfide) groups is 1. The topological polar surface area (TPSA) is 6.48 Å². The minimum absolute atomic E-state index is 0.769. The van der Waals surface area contributed by atoms with E-state index in [-0.39, 0.29) is 0 Å². The maximum Gasteiger partial charge on any atom is 0.0675 e. The van der Waals surface area contributed by atoms with E-state index in [0.717, 1.165) is 18.3 Å². The fourth-order valence-corrected chi connectivity index (χ4v) is 3.93. The zero-order valence-corrected chi connectivity index (χ0v) is 12.4. The van der Waals surface area contributed by atoms with Crippen molar-refractivity contribution < 1.29 is 0 Å². The Bertz CT molecular complexity index is 435. The smallest absolute Gasteiger partial charge is 0.0675 e. The highest BCUT2D eigenvalue weighted by Crippen LogP contribution is 2.30. The molecule has 0 radical (unpaired) electrons. The van der Waals surface area contributed by atoms with E-state index in [1.54, 1.807) is 0 Å². The van der Waals surface area contributed by atoms with Gasteiger partial charge in [0, 0.05) is 24.7 Å². The highest BCUT2D eigenvalue weighted by molar-refractivity contribution is 8.03. The molecule has 3 rings (SSSR count). The fraction of sp³-hybridized carbons (Fsp3) is 0.500. The van der Waals surface area contributed by atoms with Crippen LogP contribution in [0.15, 0.2) is 41.4 Å². The molecule has 2 nitrogen and oxygen atoms in total. The molecule has 0 unspecified atom stereocenters. The van der Waals surface area contributed by atoms with Crippen molar-refractivity contribution in [1.29, 1.82) is 0 Å². The van der Waals surface area contributed by atoms with Crippen molar-refractivity contribution in [1.82, 2.24) is 9.80 Å². The summed E-state index contributed by atoms with van der Waals surface area (Å²) >= 11 is 1.99. The number of likely N-dealkylation sites (tertiary alicyclic amines) is 1. The van der Waals surface area contributed by atoms with E-state index in [2.05, 4.69) is 53.4 Å². The molecule has 0 spiro atoms. The van der Waals surface area contributed by atoms with E-state index in [4.69, 9.17) is 0 Å². The number of rotatable bonds is 3. The molecule has 0 saturated carbocycles. The summed E-state index contributed by atoms with van der Waals surface area (Å²) < 4.78 is 0. The Labute approximate surface area is 120 Å². The minimum atomic E-state index is 0.769. The summed E-state index contributed by atoms with van der Waals surface area (Å²) in [6.45, 7) is 3.62. The van der Waals surface area contributed by atoms with Crippen LogP contribution in [-0.4, -0.2) is 42.4 Å². The summed E-state index contributed by atoms with van der Waals surface area (Å²) in [5, 5.41) is 0. The van der Waals surface area contributed by atoms with Gasteiger partial charge >= 0.3 is 0 Å². The Morgan fingerprint density at radius 2 is 1.89 bits per heavy atom. The van der Waals surface area contributed by atoms with Gasteiger partial charge in [0.25, 0.3) is 0 Å². The summed E-state index contributed by atoms with van der Waals surface area (Å²) in [5.74, 6) is 1.89. The van der Waals surface area contributed by atoms with Crippen LogP contribution in [0.4, 0.5) is 0 Å². The fourth-order valence-electron chi connectivity index (χ4n) is 2.96. The first kappa shape index (κ1) is 13.1. The van der Waals surface area contributed by atoms with Crippen LogP contribution in [0.1, 0.15) is 24.3 Å². The van der Waals surface area contributed by atoms with Crippen molar-refractivity contribution in [3.8, 4) is 0 Å². The Kier molecular flexibility index (Phi) is 4.14. The second-order valence-corrected chi connectivity index (χ2v) is 6.66. The lowest BCUT2D eigenvalue weighted by molar-refractivity contribution is 0.231. The van der Waals surface area contributed by atoms with E-state index in [9.17, 15) is 0 Å². The van der Waals surface area contributed by atoms with Gasteiger partial charge in [-0.2, -0.15) is 0 Å². The molecule has 0 aliphatic carbocycles. The molecule has 102 valence electrons. The lowest BCUT2D eigenvalue weighted by atomic mass is 9.89. The lowest BCUT2D eigenvalue weighted by Gasteiger charge is -2.32. The minimum Gasteiger partial charge on any atom is -0.370 e. The molecule has 1 saturated heterocycles. The Balaban J connectivity index is 1.51. The molecule has 3 heteroatoms. The van der Waals surface area contributed by atoms with Crippen molar-refractivity contribution >= 4 is 11.8 Å². The van der Waals surface area contributed by atoms with Gasteiger partial charge in [-0.3, -0.25) is 4.90 Å². The molecule has 0 amide bonds. The Hall–Kier alpha value is -0.930. The monoisotopic (exact) mass is 274 g/mol. The molecular weight excluding hydrogens is 252 g/mol. The van der Waals surface area contributed by atoms with Gasteiger partial charge in [-0.1, -0.05) is 30.3 Å². The van der Waals surface area contributed by atoms with Crippen LogP contribution in [-0.2, 0) is 0 Å². The van der Waals surface area contributed by atoms with Crippen LogP contribution in [0.2, 0.25) is 0 Å². The maximum absolute atomic E-state index is 2.61. The molecule has 2 heterocycles. The standard InChI is InChI=1S/C16H22N2S/c1-17-11-16(19-13-17)12-18-9-7-15(8-10-18)14-5-3-2-4-6-14/h2-6,11,15H,7-10,12-13H2,1H3. The normalized spacial score (nSPS) is 21.7. The summed E-state index contributed by atoms with van der Waals surface area (Å²) in [7, 11) is 2.15. The largest absolute Gasteiger partial charge is 0.370 e. The van der Waals surface area contributed by atoms with Crippen LogP contribution in [0, 0.1) is 0 Å². The van der Waals surface area contributed by atoms with Crippen LogP contribution >= 0.6 is 11.8 Å². The van der Waals surface area contributed by atoms with E-state index < -0.39 is 0 Å². The van der Waals surface area contributed by atoms with Gasteiger partial charge in [0.2, 0.25) is 0 Å². The lowest BCUT2D eigenvalue weighted by Crippen LogP contribution is -2.33. The zero-order chi connectivity index (χ0) is 13.1. The predicted molar refractivity (Wildman–Crippen MR) is 83.2 cm³/mol. The van der Waals surface area contributed by atoms with E-state index in [1.165, 1.54) is 36.4 Å². The summed E-state index contributed by atoms with van der Waals surface area (Å²) in [5.41, 5.74) is 1.52. The number of piperidine rings is 1. The van der Waals surface area contributed by atoms with Crippen LogP contribution in [0.3, 0.4) is 0 Å². The van der Waals surface area contributed by atoms with Crippen molar-refractivity contribution in [2.45, 2.75) is 18.8 Å². The van der Waals surface area contributed by atoms with Crippen LogP contribution in [0.25, 0.3) is 0 Å². The molecule has 0 N–H and O–H groups in total. The SMILES string of the molecule is CN1C=C(CN2CCC(c3ccccc3)CC2)SC1. The second kappa shape index (κ2) is 6.02. The summed E-state index contributed by atoms with van der Waals surface area (Å²) in [4.78, 5) is 6.41. The molecule has 1 fully saturated rings. The molecule has 1 aromatic carbocycles. The molecule has 0 bridgehead atoms. The molecule has 0 atom stereocenters. The third-order valence-corrected chi connectivity index (χ3v) is 5.20. The van der Waals surface area contributed by atoms with Gasteiger partial charge in [0.1, 0.15) is 0 Å². The van der Waals surface area contributed by atoms with Crippen molar-refractivity contribution in [3.05, 3.63) is 47.0 Å². The Morgan fingerprint density at radius 1 is 1.16 bits per heavy atom. The molecule has 19 heavy (non-hydrogen) atoms. The van der Waals surface area contributed by atoms with E-state index in [1.807, 2.05) is 11.8 Å². The second-order valence-electron chi connectivity index (χ2n) is 5.59. The van der Waals surface area contributed by atoms with Gasteiger partial charge < -0.3 is 4.90 Å². The quantitative estimate of drug-likeness (QED) is 0.834. The third-order valence-electron chi connectivity index (χ3n) is 4.06. The number of benzene rings is 1. The molecule has 1 aromatic rings. The van der Waals surface area contributed by atoms with Gasteiger partial charge in [-0.05, 0) is 37.4 Å². The molecule has 0 aromatic heterocycles. The highest BCUT2D eigenvalue weighted by atomic mass is 32.2. The van der Waals surface area contributed by atoms with Crippen LogP contribution in [0.5, 0.6) is 0 Å².